The van der Waals surface area contributed by atoms with Crippen molar-refractivity contribution < 1.29 is 9.53 Å². The van der Waals surface area contributed by atoms with Crippen LogP contribution in [0.1, 0.15) is 27.4 Å². The number of benzene rings is 1. The Morgan fingerprint density at radius 2 is 1.85 bits per heavy atom. The van der Waals surface area contributed by atoms with Gasteiger partial charge in [-0.2, -0.15) is 0 Å². The van der Waals surface area contributed by atoms with Crippen LogP contribution < -0.4 is 10.6 Å². The summed E-state index contributed by atoms with van der Waals surface area (Å²) in [5, 5.41) is 6.28. The number of rotatable bonds is 6. The fourth-order valence-electron chi connectivity index (χ4n) is 3.13. The summed E-state index contributed by atoms with van der Waals surface area (Å²) in [6.45, 7) is 10.9. The number of aromatic nitrogens is 2. The van der Waals surface area contributed by atoms with Crippen molar-refractivity contribution in [2.24, 2.45) is 0 Å². The van der Waals surface area contributed by atoms with Crippen LogP contribution in [0.15, 0.2) is 24.3 Å². The fraction of sp³-hybridized carbons (Fsp3) is 0.450. The highest BCUT2D eigenvalue weighted by Crippen LogP contribution is 2.20. The Hall–Kier alpha value is -2.51. The molecular formula is C20H27N5O2. The van der Waals surface area contributed by atoms with Gasteiger partial charge in [0.25, 0.3) is 5.91 Å². The second-order valence-electron chi connectivity index (χ2n) is 6.79. The third-order valence-corrected chi connectivity index (χ3v) is 4.63. The number of aryl methyl sites for hydroxylation is 3. The first kappa shape index (κ1) is 19.3. The van der Waals surface area contributed by atoms with Crippen molar-refractivity contribution in [3.05, 3.63) is 46.9 Å². The normalized spacial score (nSPS) is 14.8. The van der Waals surface area contributed by atoms with Crippen molar-refractivity contribution in [1.29, 1.82) is 0 Å². The van der Waals surface area contributed by atoms with Crippen LogP contribution in [-0.4, -0.2) is 60.2 Å². The first-order chi connectivity index (χ1) is 13.0. The van der Waals surface area contributed by atoms with Gasteiger partial charge in [-0.15, -0.1) is 0 Å². The number of morpholine rings is 1. The van der Waals surface area contributed by atoms with Crippen LogP contribution in [-0.2, 0) is 4.74 Å². The monoisotopic (exact) mass is 369 g/mol. The van der Waals surface area contributed by atoms with Crippen molar-refractivity contribution >= 4 is 17.4 Å². The first-order valence-electron chi connectivity index (χ1n) is 9.30. The molecule has 0 aliphatic carbocycles. The third-order valence-electron chi connectivity index (χ3n) is 4.63. The molecule has 1 aliphatic heterocycles. The highest BCUT2D eigenvalue weighted by atomic mass is 16.5. The zero-order valence-electron chi connectivity index (χ0n) is 16.2. The van der Waals surface area contributed by atoms with Crippen molar-refractivity contribution in [2.75, 3.05) is 50.0 Å². The van der Waals surface area contributed by atoms with Gasteiger partial charge in [0, 0.05) is 37.9 Å². The van der Waals surface area contributed by atoms with E-state index in [1.165, 1.54) is 0 Å². The Kier molecular flexibility index (Phi) is 6.36. The minimum atomic E-state index is -0.228. The third kappa shape index (κ3) is 5.24. The zero-order chi connectivity index (χ0) is 19.2. The summed E-state index contributed by atoms with van der Waals surface area (Å²) >= 11 is 0. The molecule has 0 saturated carbocycles. The molecule has 1 fully saturated rings. The number of amides is 1. The maximum absolute atomic E-state index is 12.7. The molecule has 0 spiro atoms. The summed E-state index contributed by atoms with van der Waals surface area (Å²) in [6, 6.07) is 7.64. The van der Waals surface area contributed by atoms with Gasteiger partial charge in [0.2, 0.25) is 0 Å². The van der Waals surface area contributed by atoms with E-state index in [0.717, 1.165) is 56.2 Å². The van der Waals surface area contributed by atoms with E-state index >= 15 is 0 Å². The molecule has 2 N–H and O–H groups in total. The van der Waals surface area contributed by atoms with Gasteiger partial charge in [0.15, 0.2) is 0 Å². The smallest absolute Gasteiger partial charge is 0.274 e. The topological polar surface area (TPSA) is 79.4 Å². The van der Waals surface area contributed by atoms with Crippen molar-refractivity contribution in [3.63, 3.8) is 0 Å². The molecular weight excluding hydrogens is 342 g/mol. The molecule has 3 rings (SSSR count). The number of nitrogens with zero attached hydrogens (tertiary/aromatic N) is 3. The lowest BCUT2D eigenvalue weighted by Gasteiger charge is -2.26. The summed E-state index contributed by atoms with van der Waals surface area (Å²) in [7, 11) is 0. The average Bonchev–Trinajstić information content (AvgIpc) is 2.65. The number of ether oxygens (including phenoxy) is 1. The molecule has 7 nitrogen and oxygen atoms in total. The number of para-hydroxylation sites is 1. The molecule has 2 heterocycles. The Morgan fingerprint density at radius 3 is 2.56 bits per heavy atom. The maximum Gasteiger partial charge on any atom is 0.274 e. The number of carbonyl (C=O) groups is 1. The SMILES string of the molecule is Cc1nc(NCCN2CCOCC2)cc(C(=O)Nc2c(C)cccc2C)n1. The number of hydrogen-bond donors (Lipinski definition) is 2. The van der Waals surface area contributed by atoms with E-state index in [-0.39, 0.29) is 5.91 Å². The summed E-state index contributed by atoms with van der Waals surface area (Å²) in [6.07, 6.45) is 0. The van der Waals surface area contributed by atoms with E-state index in [1.54, 1.807) is 13.0 Å². The largest absolute Gasteiger partial charge is 0.379 e. The van der Waals surface area contributed by atoms with Crippen LogP contribution in [0.25, 0.3) is 0 Å². The lowest BCUT2D eigenvalue weighted by molar-refractivity contribution is 0.0398. The number of hydrogen-bond acceptors (Lipinski definition) is 6. The predicted molar refractivity (Wildman–Crippen MR) is 106 cm³/mol. The second-order valence-corrected chi connectivity index (χ2v) is 6.79. The van der Waals surface area contributed by atoms with Crippen LogP contribution in [0.3, 0.4) is 0 Å². The van der Waals surface area contributed by atoms with Gasteiger partial charge in [0.1, 0.15) is 17.3 Å². The van der Waals surface area contributed by atoms with Gasteiger partial charge in [-0.25, -0.2) is 9.97 Å². The van der Waals surface area contributed by atoms with E-state index in [0.29, 0.717) is 17.3 Å². The molecule has 0 unspecified atom stereocenters. The summed E-state index contributed by atoms with van der Waals surface area (Å²) in [5.41, 5.74) is 3.25. The van der Waals surface area contributed by atoms with Crippen LogP contribution >= 0.6 is 0 Å². The summed E-state index contributed by atoms with van der Waals surface area (Å²) < 4.78 is 5.36. The molecule has 27 heavy (non-hydrogen) atoms. The van der Waals surface area contributed by atoms with Gasteiger partial charge in [-0.05, 0) is 31.9 Å². The van der Waals surface area contributed by atoms with E-state index in [2.05, 4.69) is 25.5 Å². The molecule has 7 heteroatoms. The molecule has 0 atom stereocenters. The van der Waals surface area contributed by atoms with Crippen LogP contribution in [0.5, 0.6) is 0 Å². The molecule has 144 valence electrons. The Balaban J connectivity index is 1.64. The number of anilines is 2. The lowest BCUT2D eigenvalue weighted by Crippen LogP contribution is -2.39. The molecule has 2 aromatic rings. The molecule has 0 bridgehead atoms. The van der Waals surface area contributed by atoms with Crippen molar-refractivity contribution in [2.45, 2.75) is 20.8 Å². The molecule has 1 aromatic carbocycles. The van der Waals surface area contributed by atoms with E-state index in [4.69, 9.17) is 4.74 Å². The minimum absolute atomic E-state index is 0.228. The maximum atomic E-state index is 12.7. The Labute approximate surface area is 160 Å². The summed E-state index contributed by atoms with van der Waals surface area (Å²) in [4.78, 5) is 23.7. The first-order valence-corrected chi connectivity index (χ1v) is 9.30. The molecule has 0 radical (unpaired) electrons. The second kappa shape index (κ2) is 8.92. The predicted octanol–water partition coefficient (Wildman–Crippen LogP) is 2.40. The molecule has 1 amide bonds. The molecule has 1 aliphatic rings. The zero-order valence-corrected chi connectivity index (χ0v) is 16.2. The van der Waals surface area contributed by atoms with Gasteiger partial charge in [-0.3, -0.25) is 9.69 Å². The molecule has 1 saturated heterocycles. The van der Waals surface area contributed by atoms with Gasteiger partial charge >= 0.3 is 0 Å². The highest BCUT2D eigenvalue weighted by Gasteiger charge is 2.14. The fourth-order valence-corrected chi connectivity index (χ4v) is 3.13. The van der Waals surface area contributed by atoms with E-state index < -0.39 is 0 Å². The Bertz CT molecular complexity index is 783. The van der Waals surface area contributed by atoms with Crippen LogP contribution in [0, 0.1) is 20.8 Å². The quantitative estimate of drug-likeness (QED) is 0.814. The lowest BCUT2D eigenvalue weighted by atomic mass is 10.1. The van der Waals surface area contributed by atoms with Gasteiger partial charge in [-0.1, -0.05) is 18.2 Å². The number of carbonyl (C=O) groups excluding carboxylic acids is 1. The van der Waals surface area contributed by atoms with Crippen LogP contribution in [0.2, 0.25) is 0 Å². The van der Waals surface area contributed by atoms with E-state index in [9.17, 15) is 4.79 Å². The van der Waals surface area contributed by atoms with Crippen LogP contribution in [0.4, 0.5) is 11.5 Å². The van der Waals surface area contributed by atoms with E-state index in [1.807, 2.05) is 32.0 Å². The van der Waals surface area contributed by atoms with Gasteiger partial charge < -0.3 is 15.4 Å². The minimum Gasteiger partial charge on any atom is -0.379 e. The summed E-state index contributed by atoms with van der Waals surface area (Å²) in [5.74, 6) is 1.01. The van der Waals surface area contributed by atoms with Gasteiger partial charge in [0.05, 0.1) is 13.2 Å². The standard InChI is InChI=1S/C20H27N5O2/c1-14-5-4-6-15(2)19(14)24-20(26)17-13-18(23-16(3)22-17)21-7-8-25-9-11-27-12-10-25/h4-6,13H,7-12H2,1-3H3,(H,24,26)(H,21,22,23). The average molecular weight is 369 g/mol. The Morgan fingerprint density at radius 1 is 1.15 bits per heavy atom. The van der Waals surface area contributed by atoms with Crippen molar-refractivity contribution in [3.8, 4) is 0 Å². The highest BCUT2D eigenvalue weighted by molar-refractivity contribution is 6.04. The molecule has 1 aromatic heterocycles. The van der Waals surface area contributed by atoms with Crippen molar-refractivity contribution in [1.82, 2.24) is 14.9 Å². The number of nitrogens with one attached hydrogen (secondary N) is 2.